The van der Waals surface area contributed by atoms with Gasteiger partial charge in [-0.15, -0.1) is 11.3 Å². The Morgan fingerprint density at radius 2 is 1.58 bits per heavy atom. The van der Waals surface area contributed by atoms with Crippen LogP contribution in [0.5, 0.6) is 5.75 Å². The fraction of sp³-hybridized carbons (Fsp3) is 0.276. The third-order valence-corrected chi connectivity index (χ3v) is 6.62. The van der Waals surface area contributed by atoms with E-state index in [1.54, 1.807) is 27.0 Å². The van der Waals surface area contributed by atoms with Crippen LogP contribution in [0.25, 0.3) is 6.08 Å². The Morgan fingerprint density at radius 1 is 0.895 bits per heavy atom. The summed E-state index contributed by atoms with van der Waals surface area (Å²) in [7, 11) is 1.61. The second-order valence-corrected chi connectivity index (χ2v) is 9.07. The molecule has 0 atom stereocenters. The van der Waals surface area contributed by atoms with Gasteiger partial charge in [0.25, 0.3) is 0 Å². The van der Waals surface area contributed by atoms with Crippen molar-refractivity contribution in [2.24, 2.45) is 0 Å². The lowest BCUT2D eigenvalue weighted by atomic mass is 10.0. The van der Waals surface area contributed by atoms with E-state index in [0.29, 0.717) is 18.4 Å². The summed E-state index contributed by atoms with van der Waals surface area (Å²) in [4.78, 5) is 38.7. The molecule has 2 N–H and O–H groups in total. The summed E-state index contributed by atoms with van der Waals surface area (Å²) in [6.45, 7) is 4.02. The summed E-state index contributed by atoms with van der Waals surface area (Å²) in [5, 5.41) is 5.71. The Morgan fingerprint density at radius 3 is 2.24 bits per heavy atom. The molecule has 0 aliphatic heterocycles. The van der Waals surface area contributed by atoms with E-state index in [4.69, 9.17) is 14.2 Å². The average Bonchev–Trinajstić information content (AvgIpc) is 3.29. The van der Waals surface area contributed by atoms with Gasteiger partial charge in [0.15, 0.2) is 0 Å². The van der Waals surface area contributed by atoms with Crippen LogP contribution in [0.1, 0.15) is 50.6 Å². The maximum Gasteiger partial charge on any atom is 0.348 e. The summed E-state index contributed by atoms with van der Waals surface area (Å²) >= 11 is 1.01. The van der Waals surface area contributed by atoms with E-state index in [1.165, 1.54) is 0 Å². The molecule has 3 rings (SSSR count). The Labute approximate surface area is 226 Å². The van der Waals surface area contributed by atoms with Crippen LogP contribution in [0, 0.1) is 0 Å². The largest absolute Gasteiger partial charge is 0.497 e. The number of thiophene rings is 1. The quantitative estimate of drug-likeness (QED) is 0.287. The SMILES string of the molecule is CCOC(=O)c1sc(NC(=O)NC/C=C/c2ccc(OC)cc2)c(C(=O)OCC)c1CCc1ccccc1. The van der Waals surface area contributed by atoms with Crippen LogP contribution in [0.2, 0.25) is 0 Å². The summed E-state index contributed by atoms with van der Waals surface area (Å²) in [6, 6.07) is 16.7. The Hall–Kier alpha value is -4.11. The molecule has 1 heterocycles. The van der Waals surface area contributed by atoms with Gasteiger partial charge >= 0.3 is 18.0 Å². The van der Waals surface area contributed by atoms with Crippen molar-refractivity contribution in [3.05, 3.63) is 87.8 Å². The number of benzene rings is 2. The molecule has 0 saturated carbocycles. The van der Waals surface area contributed by atoms with E-state index in [0.717, 1.165) is 28.2 Å². The number of urea groups is 1. The maximum absolute atomic E-state index is 13.0. The predicted octanol–water partition coefficient (Wildman–Crippen LogP) is 5.73. The van der Waals surface area contributed by atoms with Crippen LogP contribution in [0.15, 0.2) is 60.7 Å². The molecule has 0 fully saturated rings. The number of anilines is 1. The molecule has 200 valence electrons. The standard InChI is InChI=1S/C29H32N2O6S/c1-4-36-27(32)24-23(18-15-20-10-7-6-8-11-20)25(28(33)37-5-2)38-26(24)31-29(34)30-19-9-12-21-13-16-22(35-3)17-14-21/h6-14,16-17H,4-5,15,18-19H2,1-3H3,(H2,30,31,34)/b12-9+. The Kier molecular flexibility index (Phi) is 10.9. The van der Waals surface area contributed by atoms with E-state index in [1.807, 2.05) is 60.7 Å². The number of hydrogen-bond acceptors (Lipinski definition) is 7. The molecule has 1 aromatic heterocycles. The molecule has 0 spiro atoms. The number of ether oxygens (including phenoxy) is 3. The zero-order valence-corrected chi connectivity index (χ0v) is 22.6. The summed E-state index contributed by atoms with van der Waals surface area (Å²) in [5.41, 5.74) is 2.70. The monoisotopic (exact) mass is 536 g/mol. The van der Waals surface area contributed by atoms with E-state index >= 15 is 0 Å². The smallest absolute Gasteiger partial charge is 0.348 e. The first-order valence-electron chi connectivity index (χ1n) is 12.4. The summed E-state index contributed by atoms with van der Waals surface area (Å²) in [6.07, 6.45) is 4.67. The number of amides is 2. The lowest BCUT2D eigenvalue weighted by Gasteiger charge is -2.10. The average molecular weight is 537 g/mol. The van der Waals surface area contributed by atoms with Crippen molar-refractivity contribution in [1.29, 1.82) is 0 Å². The Bertz CT molecular complexity index is 1250. The Balaban J connectivity index is 1.79. The van der Waals surface area contributed by atoms with Gasteiger partial charge in [-0.25, -0.2) is 14.4 Å². The van der Waals surface area contributed by atoms with Gasteiger partial charge in [0, 0.05) is 6.54 Å². The molecule has 0 unspecified atom stereocenters. The highest BCUT2D eigenvalue weighted by Gasteiger charge is 2.29. The third-order valence-electron chi connectivity index (χ3n) is 5.49. The second kappa shape index (κ2) is 14.6. The minimum Gasteiger partial charge on any atom is -0.497 e. The molecule has 2 aromatic carbocycles. The number of carbonyl (C=O) groups is 3. The zero-order chi connectivity index (χ0) is 27.3. The van der Waals surface area contributed by atoms with Crippen LogP contribution < -0.4 is 15.4 Å². The van der Waals surface area contributed by atoms with Crippen molar-refractivity contribution in [3.8, 4) is 5.75 Å². The van der Waals surface area contributed by atoms with Crippen molar-refractivity contribution in [1.82, 2.24) is 5.32 Å². The van der Waals surface area contributed by atoms with Gasteiger partial charge in [-0.05, 0) is 55.5 Å². The van der Waals surface area contributed by atoms with Gasteiger partial charge in [0.1, 0.15) is 15.6 Å². The van der Waals surface area contributed by atoms with Crippen molar-refractivity contribution >= 4 is 40.4 Å². The van der Waals surface area contributed by atoms with Gasteiger partial charge in [-0.1, -0.05) is 54.6 Å². The zero-order valence-electron chi connectivity index (χ0n) is 21.7. The van der Waals surface area contributed by atoms with Crippen molar-refractivity contribution in [2.75, 3.05) is 32.2 Å². The molecule has 3 aromatic rings. The molecular formula is C29H32N2O6S. The second-order valence-electron chi connectivity index (χ2n) is 8.05. The number of nitrogens with one attached hydrogen (secondary N) is 2. The fourth-order valence-electron chi connectivity index (χ4n) is 3.70. The van der Waals surface area contributed by atoms with E-state index in [9.17, 15) is 14.4 Å². The van der Waals surface area contributed by atoms with Crippen molar-refractivity contribution in [2.45, 2.75) is 26.7 Å². The summed E-state index contributed by atoms with van der Waals surface area (Å²) < 4.78 is 15.7. The lowest BCUT2D eigenvalue weighted by molar-refractivity contribution is 0.0527. The fourth-order valence-corrected chi connectivity index (χ4v) is 4.82. The van der Waals surface area contributed by atoms with Gasteiger partial charge in [0.05, 0.1) is 25.9 Å². The molecule has 0 aliphatic carbocycles. The molecule has 0 aliphatic rings. The maximum atomic E-state index is 13.0. The summed E-state index contributed by atoms with van der Waals surface area (Å²) in [5.74, 6) is -0.377. The highest BCUT2D eigenvalue weighted by atomic mass is 32.1. The number of aryl methyl sites for hydroxylation is 1. The van der Waals surface area contributed by atoms with E-state index in [2.05, 4.69) is 10.6 Å². The highest BCUT2D eigenvalue weighted by molar-refractivity contribution is 7.18. The first-order valence-corrected chi connectivity index (χ1v) is 13.2. The first kappa shape index (κ1) is 28.5. The van der Waals surface area contributed by atoms with E-state index < -0.39 is 18.0 Å². The normalized spacial score (nSPS) is 10.7. The molecule has 2 amide bonds. The van der Waals surface area contributed by atoms with Crippen molar-refractivity contribution in [3.63, 3.8) is 0 Å². The van der Waals surface area contributed by atoms with Crippen LogP contribution in [0.4, 0.5) is 9.80 Å². The van der Waals surface area contributed by atoms with Crippen molar-refractivity contribution < 1.29 is 28.6 Å². The predicted molar refractivity (Wildman–Crippen MR) is 149 cm³/mol. The van der Waals surface area contributed by atoms with Gasteiger partial charge in [-0.3, -0.25) is 5.32 Å². The number of methoxy groups -OCH3 is 1. The van der Waals surface area contributed by atoms with E-state index in [-0.39, 0.29) is 35.2 Å². The number of esters is 2. The number of carbonyl (C=O) groups excluding carboxylic acids is 3. The number of hydrogen-bond donors (Lipinski definition) is 2. The van der Waals surface area contributed by atoms with Crippen LogP contribution in [0.3, 0.4) is 0 Å². The molecule has 38 heavy (non-hydrogen) atoms. The van der Waals surface area contributed by atoms with Crippen LogP contribution in [-0.2, 0) is 22.3 Å². The van der Waals surface area contributed by atoms with Gasteiger partial charge in [-0.2, -0.15) is 0 Å². The minimum absolute atomic E-state index is 0.156. The minimum atomic E-state index is -0.600. The lowest BCUT2D eigenvalue weighted by Crippen LogP contribution is -2.29. The molecule has 0 bridgehead atoms. The molecular weight excluding hydrogens is 504 g/mol. The van der Waals surface area contributed by atoms with Gasteiger partial charge < -0.3 is 19.5 Å². The van der Waals surface area contributed by atoms with Gasteiger partial charge in [0.2, 0.25) is 0 Å². The molecule has 0 saturated heterocycles. The molecule has 0 radical (unpaired) electrons. The molecule has 9 heteroatoms. The third kappa shape index (κ3) is 7.94. The first-order chi connectivity index (χ1) is 18.5. The highest BCUT2D eigenvalue weighted by Crippen LogP contribution is 2.36. The van der Waals surface area contributed by atoms with Crippen LogP contribution in [-0.4, -0.2) is 44.8 Å². The van der Waals surface area contributed by atoms with Crippen LogP contribution >= 0.6 is 11.3 Å². The number of rotatable bonds is 12. The molecule has 8 nitrogen and oxygen atoms in total. The topological polar surface area (TPSA) is 103 Å².